The highest BCUT2D eigenvalue weighted by Crippen LogP contribution is 2.29. The van der Waals surface area contributed by atoms with E-state index in [9.17, 15) is 45.6 Å². The van der Waals surface area contributed by atoms with Crippen LogP contribution in [-0.2, 0) is 28.5 Å². The fraction of sp³-hybridized carbons (Fsp3) is 0.743. The predicted octanol–water partition coefficient (Wildman–Crippen LogP) is 0.677. The number of carbonyl (C=O) groups excluding carboxylic acids is 1. The van der Waals surface area contributed by atoms with Crippen LogP contribution < -0.4 is 0 Å². The van der Waals surface area contributed by atoms with Crippen molar-refractivity contribution >= 4 is 5.97 Å². The average molecular weight is 703 g/mol. The van der Waals surface area contributed by atoms with Crippen molar-refractivity contribution in [3.05, 3.63) is 48.6 Å². The molecule has 0 aromatic carbocycles. The Morgan fingerprint density at radius 3 is 1.80 bits per heavy atom. The first-order valence-electron chi connectivity index (χ1n) is 17.3. The fourth-order valence-electron chi connectivity index (χ4n) is 5.18. The maximum Gasteiger partial charge on any atom is 0.306 e. The summed E-state index contributed by atoms with van der Waals surface area (Å²) in [5, 5.41) is 80.6. The fourth-order valence-corrected chi connectivity index (χ4v) is 5.18. The zero-order valence-electron chi connectivity index (χ0n) is 28.4. The van der Waals surface area contributed by atoms with E-state index in [0.29, 0.717) is 12.8 Å². The maximum absolute atomic E-state index is 12.3. The van der Waals surface area contributed by atoms with E-state index in [0.717, 1.165) is 25.7 Å². The Hall–Kier alpha value is -2.05. The van der Waals surface area contributed by atoms with Crippen LogP contribution in [0, 0.1) is 0 Å². The highest BCUT2D eigenvalue weighted by molar-refractivity contribution is 5.69. The molecule has 14 nitrogen and oxygen atoms in total. The molecule has 0 spiro atoms. The van der Waals surface area contributed by atoms with E-state index < -0.39 is 99.9 Å². The first-order chi connectivity index (χ1) is 23.7. The van der Waals surface area contributed by atoms with Crippen LogP contribution in [0.2, 0.25) is 0 Å². The van der Waals surface area contributed by atoms with Crippen molar-refractivity contribution in [2.75, 3.05) is 26.4 Å². The topological polar surface area (TPSA) is 225 Å². The van der Waals surface area contributed by atoms with Gasteiger partial charge in [-0.3, -0.25) is 4.79 Å². The van der Waals surface area contributed by atoms with Crippen molar-refractivity contribution in [2.24, 2.45) is 0 Å². The van der Waals surface area contributed by atoms with Gasteiger partial charge in [-0.05, 0) is 44.9 Å². The highest BCUT2D eigenvalue weighted by atomic mass is 16.7. The number of aliphatic hydroxyl groups is 8. The van der Waals surface area contributed by atoms with Gasteiger partial charge >= 0.3 is 5.97 Å². The van der Waals surface area contributed by atoms with Gasteiger partial charge in [0.1, 0.15) is 54.9 Å². The van der Waals surface area contributed by atoms with Crippen molar-refractivity contribution in [1.29, 1.82) is 0 Å². The number of ether oxygens (including phenoxy) is 5. The zero-order valence-corrected chi connectivity index (χ0v) is 28.4. The summed E-state index contributed by atoms with van der Waals surface area (Å²) in [6, 6.07) is 0. The van der Waals surface area contributed by atoms with E-state index in [1.165, 1.54) is 19.3 Å². The molecule has 2 aliphatic rings. The van der Waals surface area contributed by atoms with E-state index in [4.69, 9.17) is 23.7 Å². The molecule has 8 N–H and O–H groups in total. The minimum atomic E-state index is -1.81. The normalized spacial score (nSPS) is 31.8. The van der Waals surface area contributed by atoms with Gasteiger partial charge in [0, 0.05) is 6.42 Å². The molecule has 11 atom stereocenters. The van der Waals surface area contributed by atoms with Crippen molar-refractivity contribution in [3.8, 4) is 0 Å². The SMILES string of the molecule is CCCCC/C=C\C/C=C\C/C=C\C/C=C\CCCC(=O)OC(CO)CO[C@@H]1O[C@H](CO)[C@@H](O)[C@H](O[C@@H]2O[C@H](CO)[C@@H](O)[C@H](O)[C@H]2O)[C@H]1O. The third-order valence-corrected chi connectivity index (χ3v) is 8.12. The number of unbranched alkanes of at least 4 members (excludes halogenated alkanes) is 4. The van der Waals surface area contributed by atoms with Crippen molar-refractivity contribution in [3.63, 3.8) is 0 Å². The quantitative estimate of drug-likeness (QED) is 0.0417. The minimum absolute atomic E-state index is 0.102. The minimum Gasteiger partial charge on any atom is -0.457 e. The largest absolute Gasteiger partial charge is 0.457 e. The standard InChI is InChI=1S/C35H58O14/c1-2-3-4-5-6-7-8-9-10-11-12-13-14-15-16-17-18-19-27(39)46-24(20-36)23-45-34-32(44)33(29(41)26(22-38)47-34)49-35-31(43)30(42)28(40)25(21-37)48-35/h6-7,9-10,12-13,15-16,24-26,28-38,40-44H,2-5,8,11,14,17-23H2,1H3/b7-6-,10-9-,13-12-,16-15-/t24?,25-,26-,28-,29-,30+,31-,32-,33+,34-,35+/m1/s1. The first-order valence-corrected chi connectivity index (χ1v) is 17.3. The van der Waals surface area contributed by atoms with Crippen LogP contribution in [0.5, 0.6) is 0 Å². The Morgan fingerprint density at radius 2 is 1.22 bits per heavy atom. The van der Waals surface area contributed by atoms with Crippen molar-refractivity contribution in [2.45, 2.75) is 139 Å². The van der Waals surface area contributed by atoms with Crippen LogP contribution in [0.3, 0.4) is 0 Å². The molecule has 2 fully saturated rings. The van der Waals surface area contributed by atoms with Crippen LogP contribution in [-0.4, -0.2) is 141 Å². The second kappa shape index (κ2) is 25.0. The number of esters is 1. The molecule has 49 heavy (non-hydrogen) atoms. The Kier molecular flexibility index (Phi) is 22.0. The third-order valence-electron chi connectivity index (χ3n) is 8.12. The molecule has 0 aliphatic carbocycles. The Balaban J connectivity index is 1.71. The third kappa shape index (κ3) is 15.4. The van der Waals surface area contributed by atoms with Gasteiger partial charge in [-0.15, -0.1) is 0 Å². The lowest BCUT2D eigenvalue weighted by Gasteiger charge is -2.46. The molecule has 0 radical (unpaired) electrons. The molecule has 0 aromatic heterocycles. The smallest absolute Gasteiger partial charge is 0.306 e. The summed E-state index contributed by atoms with van der Waals surface area (Å²) in [5.74, 6) is -0.559. The molecule has 2 rings (SSSR count). The Morgan fingerprint density at radius 1 is 0.673 bits per heavy atom. The van der Waals surface area contributed by atoms with Gasteiger partial charge in [0.25, 0.3) is 0 Å². The lowest BCUT2D eigenvalue weighted by atomic mass is 9.97. The van der Waals surface area contributed by atoms with Crippen molar-refractivity contribution < 1.29 is 69.3 Å². The maximum atomic E-state index is 12.3. The zero-order chi connectivity index (χ0) is 36.0. The Bertz CT molecular complexity index is 1000. The predicted molar refractivity (Wildman–Crippen MR) is 178 cm³/mol. The second-order valence-corrected chi connectivity index (χ2v) is 12.1. The number of rotatable bonds is 23. The van der Waals surface area contributed by atoms with Gasteiger partial charge in [0.05, 0.1) is 26.4 Å². The summed E-state index contributed by atoms with van der Waals surface area (Å²) >= 11 is 0. The molecule has 0 saturated carbocycles. The van der Waals surface area contributed by atoms with E-state index in [1.54, 1.807) is 0 Å². The van der Waals surface area contributed by atoms with E-state index in [2.05, 4.69) is 43.4 Å². The highest BCUT2D eigenvalue weighted by Gasteiger charge is 2.51. The summed E-state index contributed by atoms with van der Waals surface area (Å²) in [5.41, 5.74) is 0. The van der Waals surface area contributed by atoms with E-state index in [-0.39, 0.29) is 6.42 Å². The molecular weight excluding hydrogens is 644 g/mol. The molecule has 0 amide bonds. The van der Waals surface area contributed by atoms with Crippen molar-refractivity contribution in [1.82, 2.24) is 0 Å². The van der Waals surface area contributed by atoms with Crippen LogP contribution >= 0.6 is 0 Å². The van der Waals surface area contributed by atoms with Crippen LogP contribution in [0.25, 0.3) is 0 Å². The number of allylic oxidation sites excluding steroid dienone is 8. The molecule has 282 valence electrons. The van der Waals surface area contributed by atoms with Gasteiger partial charge in [-0.1, -0.05) is 68.4 Å². The summed E-state index contributed by atoms with van der Waals surface area (Å²) in [4.78, 5) is 12.3. The molecule has 0 aromatic rings. The van der Waals surface area contributed by atoms with E-state index >= 15 is 0 Å². The van der Waals surface area contributed by atoms with Gasteiger partial charge < -0.3 is 64.5 Å². The van der Waals surface area contributed by atoms with Crippen LogP contribution in [0.4, 0.5) is 0 Å². The second-order valence-electron chi connectivity index (χ2n) is 12.1. The lowest BCUT2D eigenvalue weighted by molar-refractivity contribution is -0.361. The monoisotopic (exact) mass is 702 g/mol. The number of aliphatic hydroxyl groups excluding tert-OH is 8. The number of carbonyl (C=O) groups is 1. The molecule has 2 heterocycles. The van der Waals surface area contributed by atoms with Crippen LogP contribution in [0.15, 0.2) is 48.6 Å². The van der Waals surface area contributed by atoms with Gasteiger partial charge in [-0.25, -0.2) is 0 Å². The van der Waals surface area contributed by atoms with Crippen LogP contribution in [0.1, 0.15) is 71.1 Å². The number of hydrogen-bond acceptors (Lipinski definition) is 14. The average Bonchev–Trinajstić information content (AvgIpc) is 3.10. The molecule has 14 heteroatoms. The Labute approximate surface area is 288 Å². The molecular formula is C35H58O14. The molecule has 2 saturated heterocycles. The molecule has 1 unspecified atom stereocenters. The van der Waals surface area contributed by atoms with Gasteiger partial charge in [-0.2, -0.15) is 0 Å². The number of hydrogen-bond donors (Lipinski definition) is 8. The lowest BCUT2D eigenvalue weighted by Crippen LogP contribution is -2.65. The van der Waals surface area contributed by atoms with Gasteiger partial charge in [0.2, 0.25) is 0 Å². The van der Waals surface area contributed by atoms with E-state index in [1.807, 2.05) is 12.2 Å². The molecule has 2 aliphatic heterocycles. The molecule has 0 bridgehead atoms. The summed E-state index contributed by atoms with van der Waals surface area (Å²) < 4.78 is 27.1. The van der Waals surface area contributed by atoms with Gasteiger partial charge in [0.15, 0.2) is 12.6 Å². The summed E-state index contributed by atoms with van der Waals surface area (Å²) in [6.45, 7) is -0.249. The summed E-state index contributed by atoms with van der Waals surface area (Å²) in [6.07, 6.45) is 8.63. The first kappa shape index (κ1) is 43.1. The summed E-state index contributed by atoms with van der Waals surface area (Å²) in [7, 11) is 0.